The average Bonchev–Trinajstić information content (AvgIpc) is 2.39. The minimum absolute atomic E-state index is 0.00451. The van der Waals surface area contributed by atoms with Crippen LogP contribution >= 0.6 is 11.6 Å². The number of hydrogen-bond donors (Lipinski definition) is 1. The largest absolute Gasteiger partial charge is 0.295 e. The van der Waals surface area contributed by atoms with Crippen LogP contribution < -0.4 is 4.72 Å². The quantitative estimate of drug-likeness (QED) is 0.696. The molecule has 7 heteroatoms. The van der Waals surface area contributed by atoms with Crippen molar-refractivity contribution in [1.29, 1.82) is 0 Å². The van der Waals surface area contributed by atoms with Crippen LogP contribution in [0.25, 0.3) is 0 Å². The fourth-order valence-corrected chi connectivity index (χ4v) is 2.64. The van der Waals surface area contributed by atoms with E-state index in [-0.39, 0.29) is 15.8 Å². The van der Waals surface area contributed by atoms with E-state index in [4.69, 9.17) is 11.6 Å². The smallest absolute Gasteiger partial charge is 0.263 e. The summed E-state index contributed by atoms with van der Waals surface area (Å²) in [6, 6.07) is 9.00. The number of benzene rings is 1. The molecule has 0 spiro atoms. The van der Waals surface area contributed by atoms with Crippen molar-refractivity contribution in [2.75, 3.05) is 4.72 Å². The van der Waals surface area contributed by atoms with Gasteiger partial charge in [-0.25, -0.2) is 13.4 Å². The maximum Gasteiger partial charge on any atom is 0.263 e. The standard InChI is InChI=1S/C13H11ClN2O3S/c1-9(17)10-3-2-4-11(7-10)16-20(18,19)12-5-6-13(14)15-8-12/h2-8,16H,1H3. The predicted octanol–water partition coefficient (Wildman–Crippen LogP) is 2.74. The SMILES string of the molecule is CC(=O)c1cccc(NS(=O)(=O)c2ccc(Cl)nc2)c1. The van der Waals surface area contributed by atoms with Crippen molar-refractivity contribution in [2.24, 2.45) is 0 Å². The molecule has 0 fully saturated rings. The molecule has 1 N–H and O–H groups in total. The number of anilines is 1. The number of rotatable bonds is 4. The molecule has 0 saturated carbocycles. The summed E-state index contributed by atoms with van der Waals surface area (Å²) in [5.41, 5.74) is 0.743. The molecule has 5 nitrogen and oxygen atoms in total. The van der Waals surface area contributed by atoms with Crippen LogP contribution in [-0.4, -0.2) is 19.2 Å². The first-order valence-corrected chi connectivity index (χ1v) is 7.50. The molecule has 1 aromatic heterocycles. The van der Waals surface area contributed by atoms with E-state index in [1.807, 2.05) is 0 Å². The van der Waals surface area contributed by atoms with Crippen LogP contribution in [0.5, 0.6) is 0 Å². The van der Waals surface area contributed by atoms with Crippen molar-refractivity contribution in [3.8, 4) is 0 Å². The average molecular weight is 311 g/mol. The Hall–Kier alpha value is -1.92. The number of sulfonamides is 1. The number of halogens is 1. The zero-order chi connectivity index (χ0) is 14.8. The molecule has 1 aromatic carbocycles. The van der Waals surface area contributed by atoms with Crippen LogP contribution in [-0.2, 0) is 10.0 Å². The topological polar surface area (TPSA) is 76.1 Å². The summed E-state index contributed by atoms with van der Waals surface area (Å²) in [5.74, 6) is -0.140. The van der Waals surface area contributed by atoms with E-state index in [0.717, 1.165) is 0 Å². The molecule has 2 aromatic rings. The number of carbonyl (C=O) groups is 1. The van der Waals surface area contributed by atoms with Crippen LogP contribution in [0.2, 0.25) is 5.15 Å². The van der Waals surface area contributed by atoms with Gasteiger partial charge in [0.15, 0.2) is 5.78 Å². The van der Waals surface area contributed by atoms with Gasteiger partial charge in [-0.3, -0.25) is 9.52 Å². The fourth-order valence-electron chi connectivity index (χ4n) is 1.54. The highest BCUT2D eigenvalue weighted by Crippen LogP contribution is 2.18. The molecule has 0 aliphatic heterocycles. The molecular formula is C13H11ClN2O3S. The lowest BCUT2D eigenvalue weighted by molar-refractivity contribution is 0.101. The van der Waals surface area contributed by atoms with E-state index in [2.05, 4.69) is 9.71 Å². The number of ketones is 1. The Labute approximate surface area is 121 Å². The van der Waals surface area contributed by atoms with Crippen LogP contribution in [0.4, 0.5) is 5.69 Å². The highest BCUT2D eigenvalue weighted by Gasteiger charge is 2.15. The minimum Gasteiger partial charge on any atom is -0.295 e. The molecule has 0 saturated heterocycles. The second-order valence-electron chi connectivity index (χ2n) is 4.06. The maximum absolute atomic E-state index is 12.1. The highest BCUT2D eigenvalue weighted by atomic mass is 35.5. The van der Waals surface area contributed by atoms with Gasteiger partial charge >= 0.3 is 0 Å². The first kappa shape index (κ1) is 14.5. The maximum atomic E-state index is 12.1. The number of pyridine rings is 1. The molecule has 0 aliphatic carbocycles. The van der Waals surface area contributed by atoms with Crippen LogP contribution in [0.3, 0.4) is 0 Å². The van der Waals surface area contributed by atoms with Gasteiger partial charge < -0.3 is 0 Å². The van der Waals surface area contributed by atoms with Gasteiger partial charge in [0.05, 0.1) is 0 Å². The van der Waals surface area contributed by atoms with Gasteiger partial charge in [0, 0.05) is 17.4 Å². The lowest BCUT2D eigenvalue weighted by Crippen LogP contribution is -2.13. The molecule has 1 heterocycles. The minimum atomic E-state index is -3.75. The van der Waals surface area contributed by atoms with Gasteiger partial charge in [0.1, 0.15) is 10.0 Å². The number of aromatic nitrogens is 1. The molecule has 2 rings (SSSR count). The summed E-state index contributed by atoms with van der Waals surface area (Å²) in [5, 5.41) is 0.211. The molecule has 0 aliphatic rings. The molecule has 0 atom stereocenters. The van der Waals surface area contributed by atoms with Crippen LogP contribution in [0, 0.1) is 0 Å². The Morgan fingerprint density at radius 2 is 2.00 bits per heavy atom. The number of hydrogen-bond acceptors (Lipinski definition) is 4. The van der Waals surface area contributed by atoms with Crippen molar-refractivity contribution in [1.82, 2.24) is 4.98 Å². The summed E-state index contributed by atoms with van der Waals surface area (Å²) < 4.78 is 26.6. The zero-order valence-electron chi connectivity index (χ0n) is 10.5. The Morgan fingerprint density at radius 1 is 1.25 bits per heavy atom. The van der Waals surface area contributed by atoms with Crippen LogP contribution in [0.15, 0.2) is 47.5 Å². The molecule has 0 amide bonds. The third-order valence-electron chi connectivity index (χ3n) is 2.53. The Balaban J connectivity index is 2.31. The third-order valence-corrected chi connectivity index (χ3v) is 4.12. The number of nitrogens with one attached hydrogen (secondary N) is 1. The third kappa shape index (κ3) is 3.34. The number of nitrogens with zero attached hydrogens (tertiary/aromatic N) is 1. The number of carbonyl (C=O) groups excluding carboxylic acids is 1. The molecule has 20 heavy (non-hydrogen) atoms. The van der Waals surface area contributed by atoms with E-state index >= 15 is 0 Å². The van der Waals surface area contributed by atoms with E-state index in [1.165, 1.54) is 31.3 Å². The van der Waals surface area contributed by atoms with Crippen molar-refractivity contribution >= 4 is 33.1 Å². The van der Waals surface area contributed by atoms with Gasteiger partial charge in [-0.1, -0.05) is 23.7 Å². The van der Waals surface area contributed by atoms with Crippen molar-refractivity contribution in [2.45, 2.75) is 11.8 Å². The fraction of sp³-hybridized carbons (Fsp3) is 0.0769. The molecule has 0 radical (unpaired) electrons. The van der Waals surface area contributed by atoms with E-state index in [0.29, 0.717) is 11.3 Å². The summed E-state index contributed by atoms with van der Waals surface area (Å²) in [6.45, 7) is 1.41. The number of Topliss-reactive ketones (excluding diaryl/α,β-unsaturated/α-hetero) is 1. The predicted molar refractivity (Wildman–Crippen MR) is 76.5 cm³/mol. The zero-order valence-corrected chi connectivity index (χ0v) is 12.1. The Kier molecular flexibility index (Phi) is 4.06. The summed E-state index contributed by atoms with van der Waals surface area (Å²) in [4.78, 5) is 15.0. The monoisotopic (exact) mass is 310 g/mol. The van der Waals surface area contributed by atoms with E-state index in [1.54, 1.807) is 18.2 Å². The van der Waals surface area contributed by atoms with Crippen molar-refractivity contribution in [3.63, 3.8) is 0 Å². The van der Waals surface area contributed by atoms with Gasteiger partial charge in [-0.05, 0) is 31.2 Å². The molecule has 104 valence electrons. The summed E-state index contributed by atoms with van der Waals surface area (Å²) in [6.07, 6.45) is 1.17. The first-order chi connectivity index (χ1) is 9.38. The van der Waals surface area contributed by atoms with Gasteiger partial charge in [-0.2, -0.15) is 0 Å². The van der Waals surface area contributed by atoms with Gasteiger partial charge in [0.2, 0.25) is 0 Å². The van der Waals surface area contributed by atoms with E-state index < -0.39 is 10.0 Å². The van der Waals surface area contributed by atoms with Gasteiger partial charge in [-0.15, -0.1) is 0 Å². The highest BCUT2D eigenvalue weighted by molar-refractivity contribution is 7.92. The summed E-state index contributed by atoms with van der Waals surface area (Å²) in [7, 11) is -3.75. The van der Waals surface area contributed by atoms with E-state index in [9.17, 15) is 13.2 Å². The van der Waals surface area contributed by atoms with Crippen LogP contribution in [0.1, 0.15) is 17.3 Å². The Bertz CT molecular complexity index is 742. The van der Waals surface area contributed by atoms with Crippen molar-refractivity contribution < 1.29 is 13.2 Å². The lowest BCUT2D eigenvalue weighted by Gasteiger charge is -2.08. The van der Waals surface area contributed by atoms with Gasteiger partial charge in [0.25, 0.3) is 10.0 Å². The first-order valence-electron chi connectivity index (χ1n) is 5.64. The van der Waals surface area contributed by atoms with Crippen molar-refractivity contribution in [3.05, 3.63) is 53.3 Å². The molecular weight excluding hydrogens is 300 g/mol. The normalized spacial score (nSPS) is 11.1. The summed E-state index contributed by atoms with van der Waals surface area (Å²) >= 11 is 5.61. The second-order valence-corrected chi connectivity index (χ2v) is 6.13. The Morgan fingerprint density at radius 3 is 2.60 bits per heavy atom. The molecule has 0 bridgehead atoms. The second kappa shape index (κ2) is 5.60. The molecule has 0 unspecified atom stereocenters. The lowest BCUT2D eigenvalue weighted by atomic mass is 10.1.